The number of hydrogen-bond acceptors (Lipinski definition) is 0. The van der Waals surface area contributed by atoms with Gasteiger partial charge >= 0.3 is 29.6 Å². The van der Waals surface area contributed by atoms with E-state index in [0.29, 0.717) is 0 Å². The first-order valence-corrected chi connectivity index (χ1v) is 3.53. The molecular formula is C7H17NNa+. The fraction of sp³-hybridized carbons (Fsp3) is 1.00. The molecule has 0 aromatic heterocycles. The summed E-state index contributed by atoms with van der Waals surface area (Å²) in [6.45, 7) is 2.78. The number of piperidine rings is 1. The third kappa shape index (κ3) is 3.61. The molecule has 1 fully saturated rings. The molecule has 0 bridgehead atoms. The van der Waals surface area contributed by atoms with E-state index < -0.39 is 0 Å². The van der Waals surface area contributed by atoms with E-state index in [0.717, 1.165) is 0 Å². The number of nitrogens with zero attached hydrogens (tertiary/aromatic N) is 1. The number of rotatable bonds is 0. The first-order valence-electron chi connectivity index (χ1n) is 3.53. The standard InChI is InChI=1S/C7H16N.Na.H/c1-8(2)6-4-3-5-7-8;;/h3-7H2,1-2H3;;/q+1;;. The minimum absolute atomic E-state index is 0. The van der Waals surface area contributed by atoms with Crippen molar-refractivity contribution in [3.05, 3.63) is 0 Å². The van der Waals surface area contributed by atoms with Gasteiger partial charge in [-0.3, -0.25) is 0 Å². The zero-order valence-electron chi connectivity index (χ0n) is 5.98. The Hall–Kier alpha value is 0.960. The zero-order valence-corrected chi connectivity index (χ0v) is 5.98. The van der Waals surface area contributed by atoms with E-state index >= 15 is 0 Å². The van der Waals surface area contributed by atoms with Crippen LogP contribution >= 0.6 is 0 Å². The molecule has 0 unspecified atom stereocenters. The molecule has 0 amide bonds. The monoisotopic (exact) mass is 138 g/mol. The Morgan fingerprint density at radius 3 is 1.56 bits per heavy atom. The molecule has 9 heavy (non-hydrogen) atoms. The average molecular weight is 138 g/mol. The van der Waals surface area contributed by atoms with E-state index in [2.05, 4.69) is 14.1 Å². The van der Waals surface area contributed by atoms with E-state index in [4.69, 9.17) is 0 Å². The Kier molecular flexibility index (Phi) is 4.39. The van der Waals surface area contributed by atoms with Crippen LogP contribution in [0.1, 0.15) is 19.3 Å². The third-order valence-electron chi connectivity index (χ3n) is 2.03. The quantitative estimate of drug-likeness (QED) is 0.339. The van der Waals surface area contributed by atoms with Crippen LogP contribution in [0.5, 0.6) is 0 Å². The SMILES string of the molecule is C[N+]1(C)CCCCC1.[NaH]. The van der Waals surface area contributed by atoms with E-state index in [9.17, 15) is 0 Å². The average Bonchev–Trinajstić information content (AvgIpc) is 1.65. The van der Waals surface area contributed by atoms with E-state index in [1.165, 1.54) is 36.8 Å². The van der Waals surface area contributed by atoms with Crippen LogP contribution in [0.2, 0.25) is 0 Å². The molecule has 1 aliphatic rings. The van der Waals surface area contributed by atoms with Gasteiger partial charge in [-0.05, 0) is 19.3 Å². The summed E-state index contributed by atoms with van der Waals surface area (Å²) in [5, 5.41) is 0. The molecule has 0 spiro atoms. The Morgan fingerprint density at radius 1 is 0.889 bits per heavy atom. The van der Waals surface area contributed by atoms with Gasteiger partial charge in [0.15, 0.2) is 0 Å². The second-order valence-electron chi connectivity index (χ2n) is 3.44. The number of quaternary nitrogens is 1. The van der Waals surface area contributed by atoms with Crippen LogP contribution < -0.4 is 0 Å². The summed E-state index contributed by atoms with van der Waals surface area (Å²) in [6, 6.07) is 0. The molecule has 1 saturated heterocycles. The molecule has 2 heteroatoms. The molecule has 0 N–H and O–H groups in total. The van der Waals surface area contributed by atoms with E-state index in [1.54, 1.807) is 0 Å². The fourth-order valence-corrected chi connectivity index (χ4v) is 1.37. The van der Waals surface area contributed by atoms with Gasteiger partial charge in [0.05, 0.1) is 27.2 Å². The first kappa shape index (κ1) is 9.96. The van der Waals surface area contributed by atoms with Crippen molar-refractivity contribution in [2.24, 2.45) is 0 Å². The van der Waals surface area contributed by atoms with Crippen molar-refractivity contribution in [3.63, 3.8) is 0 Å². The molecule has 1 rings (SSSR count). The Labute approximate surface area is 80.3 Å². The summed E-state index contributed by atoms with van der Waals surface area (Å²) in [7, 11) is 4.64. The van der Waals surface area contributed by atoms with Crippen molar-refractivity contribution >= 4 is 29.6 Å². The number of likely N-dealkylation sites (tertiary alicyclic amines) is 1. The maximum absolute atomic E-state index is 2.32. The van der Waals surface area contributed by atoms with Crippen LogP contribution in [0.15, 0.2) is 0 Å². The summed E-state index contributed by atoms with van der Waals surface area (Å²) in [5.41, 5.74) is 0. The molecule has 1 heterocycles. The summed E-state index contributed by atoms with van der Waals surface area (Å²) in [6.07, 6.45) is 4.34. The summed E-state index contributed by atoms with van der Waals surface area (Å²) in [4.78, 5) is 0. The van der Waals surface area contributed by atoms with Crippen molar-refractivity contribution in [1.82, 2.24) is 0 Å². The molecule has 1 aliphatic heterocycles. The molecule has 1 nitrogen and oxygen atoms in total. The topological polar surface area (TPSA) is 0 Å². The Bertz CT molecular complexity index is 73.0. The van der Waals surface area contributed by atoms with Gasteiger partial charge in [0.25, 0.3) is 0 Å². The van der Waals surface area contributed by atoms with Gasteiger partial charge in [-0.25, -0.2) is 0 Å². The van der Waals surface area contributed by atoms with Gasteiger partial charge in [0, 0.05) is 0 Å². The molecule has 0 aliphatic carbocycles. The Morgan fingerprint density at radius 2 is 1.33 bits per heavy atom. The molecular weight excluding hydrogens is 121 g/mol. The van der Waals surface area contributed by atoms with Gasteiger partial charge in [-0.15, -0.1) is 0 Å². The van der Waals surface area contributed by atoms with Gasteiger partial charge in [0.1, 0.15) is 0 Å². The van der Waals surface area contributed by atoms with Gasteiger partial charge in [-0.2, -0.15) is 0 Å². The maximum atomic E-state index is 2.32. The van der Waals surface area contributed by atoms with Crippen molar-refractivity contribution in [2.45, 2.75) is 19.3 Å². The third-order valence-corrected chi connectivity index (χ3v) is 2.03. The second kappa shape index (κ2) is 3.97. The van der Waals surface area contributed by atoms with Crippen molar-refractivity contribution in [3.8, 4) is 0 Å². The molecule has 50 valence electrons. The van der Waals surface area contributed by atoms with Gasteiger partial charge < -0.3 is 4.48 Å². The van der Waals surface area contributed by atoms with Gasteiger partial charge in [0.2, 0.25) is 0 Å². The van der Waals surface area contributed by atoms with Crippen LogP contribution in [0.3, 0.4) is 0 Å². The van der Waals surface area contributed by atoms with E-state index in [-0.39, 0.29) is 29.6 Å². The molecule has 0 saturated carbocycles. The first-order chi connectivity index (χ1) is 3.71. The summed E-state index contributed by atoms with van der Waals surface area (Å²) >= 11 is 0. The number of hydrogen-bond donors (Lipinski definition) is 0. The van der Waals surface area contributed by atoms with Crippen molar-refractivity contribution < 1.29 is 4.48 Å². The molecule has 0 aromatic carbocycles. The van der Waals surface area contributed by atoms with Crippen molar-refractivity contribution in [1.29, 1.82) is 0 Å². The predicted octanol–water partition coefficient (Wildman–Crippen LogP) is 0.598. The van der Waals surface area contributed by atoms with E-state index in [1.807, 2.05) is 0 Å². The fourth-order valence-electron chi connectivity index (χ4n) is 1.37. The summed E-state index contributed by atoms with van der Waals surface area (Å²) in [5.74, 6) is 0. The molecule has 0 radical (unpaired) electrons. The van der Waals surface area contributed by atoms with Crippen LogP contribution in [0, 0.1) is 0 Å². The molecule has 0 atom stereocenters. The predicted molar refractivity (Wildman–Crippen MR) is 42.8 cm³/mol. The van der Waals surface area contributed by atoms with Gasteiger partial charge in [-0.1, -0.05) is 0 Å². The van der Waals surface area contributed by atoms with Crippen LogP contribution in [-0.2, 0) is 0 Å². The van der Waals surface area contributed by atoms with Crippen molar-refractivity contribution in [2.75, 3.05) is 27.2 Å². The minimum atomic E-state index is 0. The van der Waals surface area contributed by atoms with Crippen LogP contribution in [-0.4, -0.2) is 61.2 Å². The van der Waals surface area contributed by atoms with Crippen LogP contribution in [0.25, 0.3) is 0 Å². The van der Waals surface area contributed by atoms with Crippen LogP contribution in [0.4, 0.5) is 0 Å². The summed E-state index contributed by atoms with van der Waals surface area (Å²) < 4.78 is 1.25. The normalized spacial score (nSPS) is 24.7. The second-order valence-corrected chi connectivity index (χ2v) is 3.44. The zero-order chi connectivity index (χ0) is 6.04. The Balaban J connectivity index is 0.000000640. The molecule has 0 aromatic rings.